The van der Waals surface area contributed by atoms with E-state index in [0.717, 1.165) is 25.1 Å². The van der Waals surface area contributed by atoms with Gasteiger partial charge in [-0.3, -0.25) is 0 Å². The SMILES string of the molecule is Brc1ccc(CNc2c(Br)cccc2Br)o1. The van der Waals surface area contributed by atoms with Crippen LogP contribution in [0.1, 0.15) is 5.76 Å². The number of hydrogen-bond acceptors (Lipinski definition) is 2. The van der Waals surface area contributed by atoms with Crippen LogP contribution in [0.5, 0.6) is 0 Å². The van der Waals surface area contributed by atoms with E-state index in [-0.39, 0.29) is 0 Å². The molecule has 16 heavy (non-hydrogen) atoms. The Balaban J connectivity index is 2.10. The first kappa shape index (κ1) is 12.2. The normalized spacial score (nSPS) is 10.4. The minimum atomic E-state index is 0.646. The lowest BCUT2D eigenvalue weighted by molar-refractivity contribution is 0.495. The second kappa shape index (κ2) is 5.38. The molecule has 0 spiro atoms. The van der Waals surface area contributed by atoms with Crippen LogP contribution in [0, 0.1) is 0 Å². The zero-order valence-corrected chi connectivity index (χ0v) is 12.9. The molecule has 0 saturated carbocycles. The lowest BCUT2D eigenvalue weighted by Gasteiger charge is -2.08. The third-order valence-electron chi connectivity index (χ3n) is 2.03. The van der Waals surface area contributed by atoms with Crippen LogP contribution in [0.15, 0.2) is 48.4 Å². The van der Waals surface area contributed by atoms with Crippen LogP contribution in [0.4, 0.5) is 5.69 Å². The molecular formula is C11H8Br3NO. The number of rotatable bonds is 3. The van der Waals surface area contributed by atoms with Crippen molar-refractivity contribution >= 4 is 53.5 Å². The molecule has 0 atom stereocenters. The fraction of sp³-hybridized carbons (Fsp3) is 0.0909. The summed E-state index contributed by atoms with van der Waals surface area (Å²) in [5.74, 6) is 0.884. The largest absolute Gasteiger partial charge is 0.452 e. The molecule has 1 N–H and O–H groups in total. The van der Waals surface area contributed by atoms with E-state index < -0.39 is 0 Å². The third kappa shape index (κ3) is 2.90. The van der Waals surface area contributed by atoms with E-state index in [2.05, 4.69) is 53.1 Å². The second-order valence-electron chi connectivity index (χ2n) is 3.16. The molecule has 0 amide bonds. The lowest BCUT2D eigenvalue weighted by Crippen LogP contribution is -1.99. The van der Waals surface area contributed by atoms with Crippen LogP contribution in [-0.4, -0.2) is 0 Å². The average Bonchev–Trinajstić information content (AvgIpc) is 2.63. The first-order valence-electron chi connectivity index (χ1n) is 4.59. The van der Waals surface area contributed by atoms with Gasteiger partial charge >= 0.3 is 0 Å². The Morgan fingerprint density at radius 2 is 1.69 bits per heavy atom. The first-order chi connectivity index (χ1) is 7.66. The van der Waals surface area contributed by atoms with Gasteiger partial charge in [-0.05, 0) is 72.1 Å². The summed E-state index contributed by atoms with van der Waals surface area (Å²) in [6.07, 6.45) is 0. The maximum absolute atomic E-state index is 5.41. The number of anilines is 1. The van der Waals surface area contributed by atoms with E-state index in [1.807, 2.05) is 30.3 Å². The smallest absolute Gasteiger partial charge is 0.169 e. The van der Waals surface area contributed by atoms with Crippen molar-refractivity contribution in [3.63, 3.8) is 0 Å². The zero-order valence-electron chi connectivity index (χ0n) is 8.14. The van der Waals surface area contributed by atoms with Gasteiger partial charge in [0.2, 0.25) is 0 Å². The van der Waals surface area contributed by atoms with E-state index >= 15 is 0 Å². The number of hydrogen-bond donors (Lipinski definition) is 1. The molecule has 5 heteroatoms. The van der Waals surface area contributed by atoms with Crippen molar-refractivity contribution in [1.29, 1.82) is 0 Å². The molecule has 0 aliphatic rings. The Morgan fingerprint density at radius 3 is 2.25 bits per heavy atom. The summed E-state index contributed by atoms with van der Waals surface area (Å²) in [5.41, 5.74) is 1.02. The van der Waals surface area contributed by atoms with E-state index in [0.29, 0.717) is 6.54 Å². The Kier molecular flexibility index (Phi) is 4.10. The van der Waals surface area contributed by atoms with Crippen molar-refractivity contribution in [2.75, 3.05) is 5.32 Å². The number of furan rings is 1. The zero-order chi connectivity index (χ0) is 11.5. The predicted octanol–water partition coefficient (Wildman–Crippen LogP) is 5.18. The van der Waals surface area contributed by atoms with Crippen molar-refractivity contribution in [1.82, 2.24) is 0 Å². The van der Waals surface area contributed by atoms with Crippen molar-refractivity contribution in [3.8, 4) is 0 Å². The van der Waals surface area contributed by atoms with Gasteiger partial charge < -0.3 is 9.73 Å². The van der Waals surface area contributed by atoms with Crippen LogP contribution in [0.25, 0.3) is 0 Å². The first-order valence-corrected chi connectivity index (χ1v) is 6.97. The maximum Gasteiger partial charge on any atom is 0.169 e. The van der Waals surface area contributed by atoms with Gasteiger partial charge in [-0.25, -0.2) is 0 Å². The molecule has 0 saturated heterocycles. The maximum atomic E-state index is 5.41. The monoisotopic (exact) mass is 407 g/mol. The minimum absolute atomic E-state index is 0.646. The fourth-order valence-electron chi connectivity index (χ4n) is 1.29. The van der Waals surface area contributed by atoms with Crippen LogP contribution in [0.3, 0.4) is 0 Å². The van der Waals surface area contributed by atoms with Crippen LogP contribution < -0.4 is 5.32 Å². The molecule has 2 aromatic rings. The number of halogens is 3. The van der Waals surface area contributed by atoms with Gasteiger partial charge in [0, 0.05) is 8.95 Å². The molecule has 0 aliphatic heterocycles. The van der Waals surface area contributed by atoms with Crippen molar-refractivity contribution in [2.24, 2.45) is 0 Å². The average molecular weight is 410 g/mol. The molecule has 0 radical (unpaired) electrons. The van der Waals surface area contributed by atoms with Gasteiger partial charge in [0.15, 0.2) is 4.67 Å². The summed E-state index contributed by atoms with van der Waals surface area (Å²) in [5, 5.41) is 3.30. The Bertz CT molecular complexity index is 475. The third-order valence-corrected chi connectivity index (χ3v) is 3.78. The van der Waals surface area contributed by atoms with Crippen LogP contribution in [-0.2, 0) is 6.54 Å². The lowest BCUT2D eigenvalue weighted by atomic mass is 10.3. The Labute approximate surface area is 119 Å². The number of benzene rings is 1. The summed E-state index contributed by atoms with van der Waals surface area (Å²) in [6, 6.07) is 9.77. The molecule has 1 heterocycles. The highest BCUT2D eigenvalue weighted by Crippen LogP contribution is 2.31. The number of para-hydroxylation sites is 1. The van der Waals surface area contributed by atoms with Gasteiger partial charge in [-0.15, -0.1) is 0 Å². The van der Waals surface area contributed by atoms with Gasteiger partial charge in [0.1, 0.15) is 5.76 Å². The van der Waals surface area contributed by atoms with Crippen LogP contribution >= 0.6 is 47.8 Å². The summed E-state index contributed by atoms with van der Waals surface area (Å²) in [7, 11) is 0. The highest BCUT2D eigenvalue weighted by atomic mass is 79.9. The van der Waals surface area contributed by atoms with Gasteiger partial charge in [-0.1, -0.05) is 6.07 Å². The molecule has 0 fully saturated rings. The molecule has 0 bridgehead atoms. The van der Waals surface area contributed by atoms with Crippen molar-refractivity contribution in [2.45, 2.75) is 6.54 Å². The van der Waals surface area contributed by atoms with E-state index in [1.54, 1.807) is 0 Å². The molecule has 84 valence electrons. The van der Waals surface area contributed by atoms with Gasteiger partial charge in [0.05, 0.1) is 12.2 Å². The summed E-state index contributed by atoms with van der Waals surface area (Å²) < 4.78 is 8.20. The van der Waals surface area contributed by atoms with Crippen molar-refractivity contribution in [3.05, 3.63) is 49.7 Å². The molecule has 1 aromatic carbocycles. The van der Waals surface area contributed by atoms with Crippen molar-refractivity contribution < 1.29 is 4.42 Å². The molecule has 2 rings (SSSR count). The Morgan fingerprint density at radius 1 is 1.00 bits per heavy atom. The quantitative estimate of drug-likeness (QED) is 0.755. The Hall–Kier alpha value is -0.260. The predicted molar refractivity (Wildman–Crippen MR) is 75.6 cm³/mol. The van der Waals surface area contributed by atoms with E-state index in [1.165, 1.54) is 0 Å². The minimum Gasteiger partial charge on any atom is -0.452 e. The van der Waals surface area contributed by atoms with Gasteiger partial charge in [0.25, 0.3) is 0 Å². The molecular weight excluding hydrogens is 402 g/mol. The van der Waals surface area contributed by atoms with Gasteiger partial charge in [-0.2, -0.15) is 0 Å². The van der Waals surface area contributed by atoms with E-state index in [4.69, 9.17) is 4.42 Å². The second-order valence-corrected chi connectivity index (χ2v) is 5.65. The highest BCUT2D eigenvalue weighted by molar-refractivity contribution is 9.11. The number of nitrogens with one attached hydrogen (secondary N) is 1. The summed E-state index contributed by atoms with van der Waals surface area (Å²) in [4.78, 5) is 0. The summed E-state index contributed by atoms with van der Waals surface area (Å²) in [6.45, 7) is 0.646. The summed E-state index contributed by atoms with van der Waals surface area (Å²) >= 11 is 10.3. The van der Waals surface area contributed by atoms with Crippen LogP contribution in [0.2, 0.25) is 0 Å². The molecule has 0 unspecified atom stereocenters. The molecule has 1 aromatic heterocycles. The molecule has 0 aliphatic carbocycles. The molecule has 2 nitrogen and oxygen atoms in total. The highest BCUT2D eigenvalue weighted by Gasteiger charge is 2.05. The van der Waals surface area contributed by atoms with E-state index in [9.17, 15) is 0 Å². The topological polar surface area (TPSA) is 25.2 Å². The fourth-order valence-corrected chi connectivity index (χ4v) is 2.91. The standard InChI is InChI=1S/C11H8Br3NO/c12-8-2-1-3-9(13)11(8)15-6-7-4-5-10(14)16-7/h1-5,15H,6H2.